The Kier molecular flexibility index (Phi) is 4.68. The highest BCUT2D eigenvalue weighted by atomic mass is 32.2. The molecule has 3 rings (SSSR count). The van der Waals surface area contributed by atoms with E-state index in [1.54, 1.807) is 36.4 Å². The molecule has 0 spiro atoms. The zero-order valence-electron chi connectivity index (χ0n) is 13.8. The zero-order chi connectivity index (χ0) is 18.7. The molecule has 0 unspecified atom stereocenters. The summed E-state index contributed by atoms with van der Waals surface area (Å²) in [5, 5.41) is 13.8. The van der Waals surface area contributed by atoms with Crippen molar-refractivity contribution in [2.45, 2.75) is 0 Å². The van der Waals surface area contributed by atoms with Crippen LogP contribution in [0.5, 0.6) is 17.2 Å². The number of aromatic hydroxyl groups is 1. The number of rotatable bonds is 6. The fraction of sp³-hybridized carbons (Fsp3) is 0.0556. The predicted octanol–water partition coefficient (Wildman–Crippen LogP) is 3.28. The molecule has 7 nitrogen and oxygen atoms in total. The molecule has 0 bridgehead atoms. The fourth-order valence-corrected chi connectivity index (χ4v) is 3.06. The van der Waals surface area contributed by atoms with Gasteiger partial charge in [-0.3, -0.25) is 9.52 Å². The van der Waals surface area contributed by atoms with Gasteiger partial charge >= 0.3 is 0 Å². The monoisotopic (exact) mass is 372 g/mol. The standard InChI is InChI=1S/C18H16N2O5S/c1-26(23,24)20-16-9-12-7-8-15(19-11-21)18(22)14(12)10-17(16)25-13-5-3-2-4-6-13/h2-11,20,22H,1H3,(H,19,21). The number of carbonyl (C=O) groups is 1. The Morgan fingerprint density at radius 3 is 2.42 bits per heavy atom. The molecule has 0 aliphatic carbocycles. The number of benzene rings is 3. The van der Waals surface area contributed by atoms with Crippen LogP contribution in [0.3, 0.4) is 0 Å². The highest BCUT2D eigenvalue weighted by Gasteiger charge is 2.15. The maximum atomic E-state index is 11.7. The molecular formula is C18H16N2O5S. The van der Waals surface area contributed by atoms with E-state index < -0.39 is 10.0 Å². The molecule has 0 heterocycles. The van der Waals surface area contributed by atoms with Gasteiger partial charge in [-0.1, -0.05) is 24.3 Å². The number of phenols is 1. The first-order valence-electron chi connectivity index (χ1n) is 7.58. The van der Waals surface area contributed by atoms with E-state index in [2.05, 4.69) is 10.0 Å². The summed E-state index contributed by atoms with van der Waals surface area (Å²) in [5.74, 6) is 0.580. The van der Waals surface area contributed by atoms with Crippen LogP contribution in [0.25, 0.3) is 10.8 Å². The average molecular weight is 372 g/mol. The van der Waals surface area contributed by atoms with Gasteiger partial charge in [0.15, 0.2) is 5.75 Å². The molecule has 0 atom stereocenters. The van der Waals surface area contributed by atoms with E-state index in [4.69, 9.17) is 4.74 Å². The Bertz CT molecular complexity index is 1070. The lowest BCUT2D eigenvalue weighted by molar-refractivity contribution is -0.105. The van der Waals surface area contributed by atoms with E-state index in [1.165, 1.54) is 12.1 Å². The number of fused-ring (bicyclic) bond motifs is 1. The number of hydrogen-bond donors (Lipinski definition) is 3. The van der Waals surface area contributed by atoms with Crippen LogP contribution in [-0.4, -0.2) is 26.2 Å². The molecule has 26 heavy (non-hydrogen) atoms. The predicted molar refractivity (Wildman–Crippen MR) is 100 cm³/mol. The summed E-state index contributed by atoms with van der Waals surface area (Å²) in [6, 6.07) is 15.1. The summed E-state index contributed by atoms with van der Waals surface area (Å²) in [7, 11) is -3.54. The van der Waals surface area contributed by atoms with Crippen molar-refractivity contribution in [3.63, 3.8) is 0 Å². The first-order chi connectivity index (χ1) is 12.4. The van der Waals surface area contributed by atoms with Crippen LogP contribution in [0.4, 0.5) is 11.4 Å². The molecule has 0 fully saturated rings. The van der Waals surface area contributed by atoms with Gasteiger partial charge in [0.05, 0.1) is 17.6 Å². The highest BCUT2D eigenvalue weighted by Crippen LogP contribution is 2.40. The van der Waals surface area contributed by atoms with Crippen LogP contribution in [0.1, 0.15) is 0 Å². The Morgan fingerprint density at radius 1 is 1.04 bits per heavy atom. The van der Waals surface area contributed by atoms with Crippen LogP contribution in [-0.2, 0) is 14.8 Å². The van der Waals surface area contributed by atoms with Gasteiger partial charge in [0, 0.05) is 5.39 Å². The second-order valence-electron chi connectivity index (χ2n) is 5.58. The lowest BCUT2D eigenvalue weighted by Crippen LogP contribution is -2.10. The lowest BCUT2D eigenvalue weighted by Gasteiger charge is -2.15. The van der Waals surface area contributed by atoms with E-state index in [9.17, 15) is 18.3 Å². The fourth-order valence-electron chi connectivity index (χ4n) is 2.50. The van der Waals surface area contributed by atoms with Gasteiger partial charge in [0.25, 0.3) is 0 Å². The maximum absolute atomic E-state index is 11.7. The summed E-state index contributed by atoms with van der Waals surface area (Å²) in [5.41, 5.74) is 0.473. The zero-order valence-corrected chi connectivity index (χ0v) is 14.6. The van der Waals surface area contributed by atoms with Crippen LogP contribution < -0.4 is 14.8 Å². The van der Waals surface area contributed by atoms with E-state index in [1.807, 2.05) is 6.07 Å². The second kappa shape index (κ2) is 6.93. The molecule has 0 aliphatic rings. The minimum atomic E-state index is -3.54. The normalized spacial score (nSPS) is 11.1. The molecule has 3 N–H and O–H groups in total. The van der Waals surface area contributed by atoms with Crippen molar-refractivity contribution in [1.82, 2.24) is 0 Å². The topological polar surface area (TPSA) is 105 Å². The molecule has 1 amide bonds. The molecule has 0 aromatic heterocycles. The molecular weight excluding hydrogens is 356 g/mol. The van der Waals surface area contributed by atoms with Gasteiger partial charge in [0.2, 0.25) is 16.4 Å². The van der Waals surface area contributed by atoms with Crippen molar-refractivity contribution in [3.8, 4) is 17.2 Å². The van der Waals surface area contributed by atoms with Crippen molar-refractivity contribution < 1.29 is 23.1 Å². The number of ether oxygens (including phenoxy) is 1. The third-order valence-electron chi connectivity index (χ3n) is 3.57. The van der Waals surface area contributed by atoms with Gasteiger partial charge in [0.1, 0.15) is 11.5 Å². The Labute approximate surface area is 150 Å². The van der Waals surface area contributed by atoms with Crippen molar-refractivity contribution in [3.05, 3.63) is 54.6 Å². The van der Waals surface area contributed by atoms with Crippen molar-refractivity contribution in [1.29, 1.82) is 0 Å². The molecule has 0 saturated heterocycles. The highest BCUT2D eigenvalue weighted by molar-refractivity contribution is 7.92. The number of sulfonamides is 1. The smallest absolute Gasteiger partial charge is 0.229 e. The van der Waals surface area contributed by atoms with Gasteiger partial charge < -0.3 is 15.2 Å². The van der Waals surface area contributed by atoms with E-state index in [-0.39, 0.29) is 22.9 Å². The van der Waals surface area contributed by atoms with Crippen LogP contribution in [0.2, 0.25) is 0 Å². The van der Waals surface area contributed by atoms with Gasteiger partial charge in [-0.2, -0.15) is 0 Å². The largest absolute Gasteiger partial charge is 0.505 e. The molecule has 0 radical (unpaired) electrons. The Balaban J connectivity index is 2.17. The molecule has 0 saturated carbocycles. The number of hydrogen-bond acceptors (Lipinski definition) is 5. The summed E-state index contributed by atoms with van der Waals surface area (Å²) in [6.45, 7) is 0. The third-order valence-corrected chi connectivity index (χ3v) is 4.16. The Hall–Kier alpha value is -3.26. The van der Waals surface area contributed by atoms with E-state index >= 15 is 0 Å². The number of amides is 1. The van der Waals surface area contributed by atoms with Crippen LogP contribution >= 0.6 is 0 Å². The first-order valence-corrected chi connectivity index (χ1v) is 9.47. The molecule has 3 aromatic rings. The lowest BCUT2D eigenvalue weighted by atomic mass is 10.1. The van der Waals surface area contributed by atoms with Crippen molar-refractivity contribution in [2.24, 2.45) is 0 Å². The van der Waals surface area contributed by atoms with Crippen molar-refractivity contribution in [2.75, 3.05) is 16.3 Å². The SMILES string of the molecule is CS(=O)(=O)Nc1cc2ccc(NC=O)c(O)c2cc1Oc1ccccc1. The maximum Gasteiger partial charge on any atom is 0.229 e. The summed E-state index contributed by atoms with van der Waals surface area (Å²) in [4.78, 5) is 10.7. The number of nitrogens with one attached hydrogen (secondary N) is 2. The molecule has 0 aliphatic heterocycles. The summed E-state index contributed by atoms with van der Waals surface area (Å²) < 4.78 is 31.6. The first kappa shape index (κ1) is 17.6. The molecule has 8 heteroatoms. The van der Waals surface area contributed by atoms with Gasteiger partial charge in [-0.15, -0.1) is 0 Å². The van der Waals surface area contributed by atoms with Gasteiger partial charge in [-0.05, 0) is 35.7 Å². The summed E-state index contributed by atoms with van der Waals surface area (Å²) >= 11 is 0. The van der Waals surface area contributed by atoms with Crippen LogP contribution in [0, 0.1) is 0 Å². The van der Waals surface area contributed by atoms with Gasteiger partial charge in [-0.25, -0.2) is 8.42 Å². The second-order valence-corrected chi connectivity index (χ2v) is 7.33. The number of phenolic OH excluding ortho intramolecular Hbond substituents is 1. The van der Waals surface area contributed by atoms with E-state index in [0.29, 0.717) is 22.9 Å². The molecule has 134 valence electrons. The van der Waals surface area contributed by atoms with Crippen molar-refractivity contribution >= 4 is 38.6 Å². The Morgan fingerprint density at radius 2 is 1.77 bits per heavy atom. The third kappa shape index (κ3) is 3.86. The van der Waals surface area contributed by atoms with Crippen LogP contribution in [0.15, 0.2) is 54.6 Å². The average Bonchev–Trinajstić information content (AvgIpc) is 2.58. The summed E-state index contributed by atoms with van der Waals surface area (Å²) in [6.07, 6.45) is 1.50. The molecule has 3 aromatic carbocycles. The minimum absolute atomic E-state index is 0.140. The number of carbonyl (C=O) groups excluding carboxylic acids is 1. The number of para-hydroxylation sites is 1. The quantitative estimate of drug-likeness (QED) is 0.455. The van der Waals surface area contributed by atoms with E-state index in [0.717, 1.165) is 6.26 Å². The number of anilines is 2. The minimum Gasteiger partial charge on any atom is -0.505 e.